The van der Waals surface area contributed by atoms with Crippen molar-refractivity contribution in [2.45, 2.75) is 0 Å². The first-order valence-corrected chi connectivity index (χ1v) is 11.9. The van der Waals surface area contributed by atoms with E-state index in [0.29, 0.717) is 5.56 Å². The standard InChI is InChI=1S/C27H15IN6/c28-18-12-13-24-25(15-18)34-23-11-4-2-9-21(23)31-27(34)32(19-7-5-6-17(14-19)16-29)26-30-20-8-1-3-10-22(20)33(24)26/h1-15H. The number of hydrogen-bond donors (Lipinski definition) is 0. The molecule has 3 aromatic heterocycles. The minimum atomic E-state index is 0.583. The summed E-state index contributed by atoms with van der Waals surface area (Å²) in [5.74, 6) is 1.46. The number of para-hydroxylation sites is 4. The fourth-order valence-electron chi connectivity index (χ4n) is 4.70. The van der Waals surface area contributed by atoms with E-state index < -0.39 is 0 Å². The van der Waals surface area contributed by atoms with Crippen molar-refractivity contribution in [3.05, 3.63) is 100 Å². The van der Waals surface area contributed by atoms with Crippen molar-refractivity contribution < 1.29 is 0 Å². The van der Waals surface area contributed by atoms with Crippen molar-refractivity contribution in [3.63, 3.8) is 0 Å². The molecule has 7 aromatic rings. The second-order valence-electron chi connectivity index (χ2n) is 8.10. The van der Waals surface area contributed by atoms with E-state index in [-0.39, 0.29) is 0 Å². The van der Waals surface area contributed by atoms with Crippen LogP contribution in [-0.2, 0) is 0 Å². The van der Waals surface area contributed by atoms with E-state index in [1.165, 1.54) is 0 Å². The molecule has 0 aliphatic rings. The third-order valence-electron chi connectivity index (χ3n) is 6.14. The Morgan fingerprint density at radius 1 is 0.647 bits per heavy atom. The summed E-state index contributed by atoms with van der Waals surface area (Å²) < 4.78 is 7.55. The van der Waals surface area contributed by atoms with Gasteiger partial charge in [-0.25, -0.2) is 14.5 Å². The van der Waals surface area contributed by atoms with Crippen LogP contribution >= 0.6 is 22.6 Å². The maximum atomic E-state index is 9.60. The number of hydrogen-bond acceptors (Lipinski definition) is 3. The minimum Gasteiger partial charge on any atom is -0.276 e. The number of rotatable bonds is 1. The molecule has 0 aliphatic heterocycles. The van der Waals surface area contributed by atoms with Crippen molar-refractivity contribution >= 4 is 67.2 Å². The Morgan fingerprint density at radius 3 is 1.97 bits per heavy atom. The molecule has 0 N–H and O–H groups in total. The fraction of sp³-hybridized carbons (Fsp3) is 0. The third-order valence-corrected chi connectivity index (χ3v) is 6.81. The van der Waals surface area contributed by atoms with E-state index in [1.807, 2.05) is 65.2 Å². The topological polar surface area (TPSA) is 63.3 Å². The first-order chi connectivity index (χ1) is 16.7. The van der Waals surface area contributed by atoms with Gasteiger partial charge in [-0.2, -0.15) is 5.26 Å². The van der Waals surface area contributed by atoms with E-state index in [2.05, 4.69) is 67.8 Å². The van der Waals surface area contributed by atoms with Crippen molar-refractivity contribution in [1.82, 2.24) is 23.3 Å². The molecule has 0 bridgehead atoms. The average Bonchev–Trinajstić information content (AvgIpc) is 3.40. The molecule has 0 spiro atoms. The first kappa shape index (κ1) is 19.3. The molecular weight excluding hydrogens is 535 g/mol. The second-order valence-corrected chi connectivity index (χ2v) is 9.35. The lowest BCUT2D eigenvalue weighted by atomic mass is 10.2. The zero-order valence-corrected chi connectivity index (χ0v) is 19.9. The van der Waals surface area contributed by atoms with Gasteiger partial charge in [0, 0.05) is 3.57 Å². The SMILES string of the molecule is N#Cc1cccc(-n2c3nc4ccccc4n3c3ccc(I)cc3n3c4ccccc4nc23)c1. The Hall–Kier alpha value is -4.16. The highest BCUT2D eigenvalue weighted by Crippen LogP contribution is 2.30. The van der Waals surface area contributed by atoms with Gasteiger partial charge in [0.2, 0.25) is 11.6 Å². The van der Waals surface area contributed by atoms with Gasteiger partial charge in [0.05, 0.1) is 50.4 Å². The first-order valence-electron chi connectivity index (χ1n) is 10.8. The summed E-state index contributed by atoms with van der Waals surface area (Å²) in [4.78, 5) is 10.1. The van der Waals surface area contributed by atoms with Gasteiger partial charge < -0.3 is 0 Å². The summed E-state index contributed by atoms with van der Waals surface area (Å²) in [6, 6.07) is 32.6. The minimum absolute atomic E-state index is 0.583. The number of benzene rings is 4. The Labute approximate surface area is 207 Å². The third kappa shape index (κ3) is 2.66. The monoisotopic (exact) mass is 550 g/mol. The van der Waals surface area contributed by atoms with Gasteiger partial charge in [0.15, 0.2) is 0 Å². The molecule has 0 aliphatic carbocycles. The van der Waals surface area contributed by atoms with Crippen molar-refractivity contribution in [1.29, 1.82) is 5.26 Å². The highest BCUT2D eigenvalue weighted by molar-refractivity contribution is 14.1. The van der Waals surface area contributed by atoms with Gasteiger partial charge in [-0.05, 0) is 83.3 Å². The number of aromatic nitrogens is 5. The Kier molecular flexibility index (Phi) is 4.07. The molecule has 4 aromatic carbocycles. The fourth-order valence-corrected chi connectivity index (χ4v) is 5.18. The second kappa shape index (κ2) is 7.17. The van der Waals surface area contributed by atoms with Crippen LogP contribution in [0.25, 0.3) is 50.3 Å². The maximum Gasteiger partial charge on any atom is 0.223 e. The van der Waals surface area contributed by atoms with Crippen LogP contribution in [0.4, 0.5) is 0 Å². The molecule has 0 atom stereocenters. The van der Waals surface area contributed by atoms with Gasteiger partial charge in [0.1, 0.15) is 0 Å². The highest BCUT2D eigenvalue weighted by atomic mass is 127. The Balaban J connectivity index is 1.88. The van der Waals surface area contributed by atoms with Gasteiger partial charge in [0.25, 0.3) is 0 Å². The molecule has 0 fully saturated rings. The van der Waals surface area contributed by atoms with Crippen LogP contribution in [0.5, 0.6) is 0 Å². The molecule has 7 rings (SSSR count). The molecule has 0 saturated carbocycles. The number of fused-ring (bicyclic) bond motifs is 9. The molecular formula is C27H15IN6. The average molecular weight is 550 g/mol. The van der Waals surface area contributed by atoms with E-state index in [9.17, 15) is 5.26 Å². The van der Waals surface area contributed by atoms with Gasteiger partial charge >= 0.3 is 0 Å². The van der Waals surface area contributed by atoms with Gasteiger partial charge in [-0.1, -0.05) is 30.3 Å². The highest BCUT2D eigenvalue weighted by Gasteiger charge is 2.18. The zero-order chi connectivity index (χ0) is 22.8. The largest absolute Gasteiger partial charge is 0.276 e. The molecule has 0 radical (unpaired) electrons. The van der Waals surface area contributed by atoms with E-state index in [0.717, 1.165) is 53.9 Å². The van der Waals surface area contributed by atoms with Gasteiger partial charge in [-0.3, -0.25) is 8.80 Å². The number of nitrogens with zero attached hydrogens (tertiary/aromatic N) is 6. The summed E-state index contributed by atoms with van der Waals surface area (Å²) in [5, 5.41) is 9.60. The lowest BCUT2D eigenvalue weighted by molar-refractivity contribution is 1.03. The van der Waals surface area contributed by atoms with Crippen LogP contribution in [0.1, 0.15) is 5.56 Å². The number of halogens is 1. The van der Waals surface area contributed by atoms with Crippen molar-refractivity contribution in [2.24, 2.45) is 0 Å². The Bertz CT molecular complexity index is 2000. The Morgan fingerprint density at radius 2 is 1.29 bits per heavy atom. The lowest BCUT2D eigenvalue weighted by Gasteiger charge is -2.07. The molecule has 0 unspecified atom stereocenters. The van der Waals surface area contributed by atoms with E-state index in [4.69, 9.17) is 9.97 Å². The van der Waals surface area contributed by atoms with Crippen LogP contribution in [0.2, 0.25) is 0 Å². The van der Waals surface area contributed by atoms with E-state index in [1.54, 1.807) is 0 Å². The molecule has 0 amide bonds. The predicted octanol–water partition coefficient (Wildman–Crippen LogP) is 6.27. The molecule has 34 heavy (non-hydrogen) atoms. The summed E-state index contributed by atoms with van der Waals surface area (Å²) in [5.41, 5.74) is 7.27. The van der Waals surface area contributed by atoms with E-state index >= 15 is 0 Å². The van der Waals surface area contributed by atoms with Crippen molar-refractivity contribution in [2.75, 3.05) is 0 Å². The van der Waals surface area contributed by atoms with Crippen LogP contribution in [0.15, 0.2) is 91.0 Å². The smallest absolute Gasteiger partial charge is 0.223 e. The quantitative estimate of drug-likeness (QED) is 0.227. The molecule has 160 valence electrons. The van der Waals surface area contributed by atoms with Crippen LogP contribution < -0.4 is 0 Å². The van der Waals surface area contributed by atoms with Crippen LogP contribution in [0.3, 0.4) is 0 Å². The zero-order valence-electron chi connectivity index (χ0n) is 17.7. The molecule has 7 heteroatoms. The van der Waals surface area contributed by atoms with Gasteiger partial charge in [-0.15, -0.1) is 0 Å². The molecule has 6 nitrogen and oxygen atoms in total. The normalized spacial score (nSPS) is 11.6. The van der Waals surface area contributed by atoms with Crippen LogP contribution in [0, 0.1) is 14.9 Å². The predicted molar refractivity (Wildman–Crippen MR) is 142 cm³/mol. The number of imidazole rings is 2. The lowest BCUT2D eigenvalue weighted by Crippen LogP contribution is -2.02. The molecule has 3 heterocycles. The van der Waals surface area contributed by atoms with Crippen LogP contribution in [-0.4, -0.2) is 23.3 Å². The number of nitriles is 1. The summed E-state index contributed by atoms with van der Waals surface area (Å²) in [6.45, 7) is 0. The summed E-state index contributed by atoms with van der Waals surface area (Å²) in [7, 11) is 0. The van der Waals surface area contributed by atoms with Crippen molar-refractivity contribution in [3.8, 4) is 11.8 Å². The maximum absolute atomic E-state index is 9.60. The summed E-state index contributed by atoms with van der Waals surface area (Å²) in [6.07, 6.45) is 0. The molecule has 0 saturated heterocycles. The summed E-state index contributed by atoms with van der Waals surface area (Å²) >= 11 is 2.35.